The summed E-state index contributed by atoms with van der Waals surface area (Å²) in [5.74, 6) is 0.852. The molecule has 0 spiro atoms. The third kappa shape index (κ3) is 1.17. The van der Waals surface area contributed by atoms with Crippen molar-refractivity contribution < 1.29 is 4.74 Å². The highest BCUT2D eigenvalue weighted by atomic mass is 16.5. The van der Waals surface area contributed by atoms with E-state index in [4.69, 9.17) is 10.5 Å². The van der Waals surface area contributed by atoms with Crippen LogP contribution in [-0.2, 0) is 6.54 Å². The molecule has 2 rings (SSSR count). The average Bonchev–Trinajstić information content (AvgIpc) is 2.63. The van der Waals surface area contributed by atoms with Gasteiger partial charge in [0.05, 0.1) is 12.6 Å². The summed E-state index contributed by atoms with van der Waals surface area (Å²) >= 11 is 0. The molecule has 0 aliphatic carbocycles. The molecule has 0 amide bonds. The maximum absolute atomic E-state index is 5.59. The Morgan fingerprint density at radius 3 is 2.92 bits per heavy atom. The highest BCUT2D eigenvalue weighted by molar-refractivity contribution is 5.86. The second kappa shape index (κ2) is 3.11. The number of nitrogens with two attached hydrogens (primary N) is 1. The van der Waals surface area contributed by atoms with Crippen molar-refractivity contribution in [1.29, 1.82) is 0 Å². The van der Waals surface area contributed by atoms with Crippen LogP contribution in [0, 0.1) is 0 Å². The van der Waals surface area contributed by atoms with Crippen LogP contribution in [0.4, 0.5) is 0 Å². The zero-order valence-electron chi connectivity index (χ0n) is 7.50. The number of methoxy groups -OCH3 is 1. The Hall–Kier alpha value is -1.48. The van der Waals surface area contributed by atoms with Crippen LogP contribution in [0.2, 0.25) is 0 Å². The number of benzene rings is 1. The smallest absolute Gasteiger partial charge is 0.147 e. The van der Waals surface area contributed by atoms with Gasteiger partial charge in [-0.1, -0.05) is 12.1 Å². The third-order valence-electron chi connectivity index (χ3n) is 2.19. The van der Waals surface area contributed by atoms with Crippen molar-refractivity contribution in [3.63, 3.8) is 0 Å². The highest BCUT2D eigenvalue weighted by Crippen LogP contribution is 2.27. The van der Waals surface area contributed by atoms with Gasteiger partial charge in [0.1, 0.15) is 5.75 Å². The number of hydrogen-bond donors (Lipinski definition) is 2. The van der Waals surface area contributed by atoms with Crippen LogP contribution in [0.1, 0.15) is 5.56 Å². The van der Waals surface area contributed by atoms with E-state index in [2.05, 4.69) is 4.98 Å². The molecule has 0 fully saturated rings. The molecule has 0 radical (unpaired) electrons. The van der Waals surface area contributed by atoms with E-state index in [0.717, 1.165) is 22.2 Å². The van der Waals surface area contributed by atoms with Gasteiger partial charge < -0.3 is 15.5 Å². The molecular formula is C10H12N2O. The van der Waals surface area contributed by atoms with Crippen LogP contribution in [-0.4, -0.2) is 12.1 Å². The van der Waals surface area contributed by atoms with Crippen LogP contribution < -0.4 is 10.5 Å². The van der Waals surface area contributed by atoms with Crippen LogP contribution in [0.5, 0.6) is 5.75 Å². The number of hydrogen-bond acceptors (Lipinski definition) is 2. The van der Waals surface area contributed by atoms with Crippen molar-refractivity contribution in [3.05, 3.63) is 30.0 Å². The fourth-order valence-corrected chi connectivity index (χ4v) is 1.54. The Labute approximate surface area is 76.5 Å². The predicted molar refractivity (Wildman–Crippen MR) is 52.7 cm³/mol. The van der Waals surface area contributed by atoms with Crippen LogP contribution in [0.15, 0.2) is 24.4 Å². The summed E-state index contributed by atoms with van der Waals surface area (Å²) in [5.41, 5.74) is 7.64. The molecule has 0 aliphatic rings. The van der Waals surface area contributed by atoms with Crippen molar-refractivity contribution in [3.8, 4) is 5.75 Å². The summed E-state index contributed by atoms with van der Waals surface area (Å²) < 4.78 is 5.30. The summed E-state index contributed by atoms with van der Waals surface area (Å²) in [7, 11) is 1.66. The topological polar surface area (TPSA) is 51.0 Å². The van der Waals surface area contributed by atoms with E-state index in [9.17, 15) is 0 Å². The number of nitrogens with one attached hydrogen (secondary N) is 1. The minimum atomic E-state index is 0.498. The first-order valence-corrected chi connectivity index (χ1v) is 4.20. The molecule has 68 valence electrons. The summed E-state index contributed by atoms with van der Waals surface area (Å²) in [4.78, 5) is 3.13. The lowest BCUT2D eigenvalue weighted by Gasteiger charge is -2.07. The molecule has 0 aliphatic heterocycles. The van der Waals surface area contributed by atoms with E-state index in [1.807, 2.05) is 24.4 Å². The molecule has 0 saturated heterocycles. The molecule has 0 saturated carbocycles. The molecule has 1 aromatic heterocycles. The number of fused-ring (bicyclic) bond motifs is 1. The fraction of sp³-hybridized carbons (Fsp3) is 0.200. The number of ether oxygens (including phenoxy) is 1. The lowest BCUT2D eigenvalue weighted by atomic mass is 10.1. The first-order chi connectivity index (χ1) is 6.36. The van der Waals surface area contributed by atoms with Gasteiger partial charge in [-0.2, -0.15) is 0 Å². The summed E-state index contributed by atoms with van der Waals surface area (Å²) in [6.07, 6.45) is 1.90. The van der Waals surface area contributed by atoms with E-state index in [0.29, 0.717) is 6.54 Å². The van der Waals surface area contributed by atoms with Crippen molar-refractivity contribution in [2.24, 2.45) is 5.73 Å². The molecule has 13 heavy (non-hydrogen) atoms. The van der Waals surface area contributed by atoms with Gasteiger partial charge in [-0.05, 0) is 6.07 Å². The SMILES string of the molecule is COc1c(CN)ccc2cc[nH]c12. The van der Waals surface area contributed by atoms with Gasteiger partial charge in [0.15, 0.2) is 0 Å². The Morgan fingerprint density at radius 2 is 2.23 bits per heavy atom. The Balaban J connectivity index is 2.74. The standard InChI is InChI=1S/C10H12N2O/c1-13-10-8(6-11)3-2-7-4-5-12-9(7)10/h2-5,12H,6,11H2,1H3. The van der Waals surface area contributed by atoms with Crippen molar-refractivity contribution >= 4 is 10.9 Å². The van der Waals surface area contributed by atoms with Gasteiger partial charge in [-0.3, -0.25) is 0 Å². The number of H-pyrrole nitrogens is 1. The normalized spacial score (nSPS) is 10.6. The highest BCUT2D eigenvalue weighted by Gasteiger charge is 2.06. The molecular weight excluding hydrogens is 164 g/mol. The Kier molecular flexibility index (Phi) is 1.94. The molecule has 0 atom stereocenters. The minimum absolute atomic E-state index is 0.498. The summed E-state index contributed by atoms with van der Waals surface area (Å²) in [5, 5.41) is 1.15. The zero-order chi connectivity index (χ0) is 9.26. The number of aromatic nitrogens is 1. The average molecular weight is 176 g/mol. The van der Waals surface area contributed by atoms with Crippen LogP contribution in [0.25, 0.3) is 10.9 Å². The first-order valence-electron chi connectivity index (χ1n) is 4.20. The monoisotopic (exact) mass is 176 g/mol. The maximum Gasteiger partial charge on any atom is 0.147 e. The van der Waals surface area contributed by atoms with E-state index >= 15 is 0 Å². The second-order valence-corrected chi connectivity index (χ2v) is 2.90. The van der Waals surface area contributed by atoms with E-state index in [-0.39, 0.29) is 0 Å². The van der Waals surface area contributed by atoms with Crippen LogP contribution >= 0.6 is 0 Å². The molecule has 1 heterocycles. The summed E-state index contributed by atoms with van der Waals surface area (Å²) in [6.45, 7) is 0.498. The Bertz CT molecular complexity index is 420. The van der Waals surface area contributed by atoms with Gasteiger partial charge in [0, 0.05) is 23.7 Å². The van der Waals surface area contributed by atoms with Gasteiger partial charge >= 0.3 is 0 Å². The molecule has 0 bridgehead atoms. The molecule has 2 aromatic rings. The second-order valence-electron chi connectivity index (χ2n) is 2.90. The van der Waals surface area contributed by atoms with E-state index in [1.54, 1.807) is 7.11 Å². The molecule has 3 N–H and O–H groups in total. The Morgan fingerprint density at radius 1 is 1.38 bits per heavy atom. The maximum atomic E-state index is 5.59. The minimum Gasteiger partial charge on any atom is -0.494 e. The zero-order valence-corrected chi connectivity index (χ0v) is 7.50. The predicted octanol–water partition coefficient (Wildman–Crippen LogP) is 1.64. The molecule has 3 nitrogen and oxygen atoms in total. The number of aromatic amines is 1. The third-order valence-corrected chi connectivity index (χ3v) is 2.19. The van der Waals surface area contributed by atoms with Gasteiger partial charge in [-0.15, -0.1) is 0 Å². The van der Waals surface area contributed by atoms with E-state index in [1.165, 1.54) is 0 Å². The van der Waals surface area contributed by atoms with Gasteiger partial charge in [0.25, 0.3) is 0 Å². The van der Waals surface area contributed by atoms with Crippen molar-refractivity contribution in [2.75, 3.05) is 7.11 Å². The van der Waals surface area contributed by atoms with E-state index < -0.39 is 0 Å². The lowest BCUT2D eigenvalue weighted by Crippen LogP contribution is -1.99. The lowest BCUT2D eigenvalue weighted by molar-refractivity contribution is 0.414. The fourth-order valence-electron chi connectivity index (χ4n) is 1.54. The quantitative estimate of drug-likeness (QED) is 0.730. The van der Waals surface area contributed by atoms with Crippen LogP contribution in [0.3, 0.4) is 0 Å². The van der Waals surface area contributed by atoms with Crippen molar-refractivity contribution in [2.45, 2.75) is 6.54 Å². The molecule has 1 aromatic carbocycles. The largest absolute Gasteiger partial charge is 0.494 e. The number of rotatable bonds is 2. The molecule has 3 heteroatoms. The van der Waals surface area contributed by atoms with Crippen molar-refractivity contribution in [1.82, 2.24) is 4.98 Å². The van der Waals surface area contributed by atoms with Gasteiger partial charge in [0.2, 0.25) is 0 Å². The summed E-state index contributed by atoms with van der Waals surface area (Å²) in [6, 6.07) is 6.05. The first kappa shape index (κ1) is 8.13. The van der Waals surface area contributed by atoms with Gasteiger partial charge in [-0.25, -0.2) is 0 Å². The molecule has 0 unspecified atom stereocenters.